The molecule has 4 heterocycles. The maximum absolute atomic E-state index is 15.4. The molecule has 2 saturated heterocycles. The van der Waals surface area contributed by atoms with Crippen molar-refractivity contribution in [2.75, 3.05) is 10.3 Å². The van der Waals surface area contributed by atoms with Crippen molar-refractivity contribution >= 4 is 64.3 Å². The van der Waals surface area contributed by atoms with E-state index in [1.807, 2.05) is 0 Å². The fourth-order valence-electron chi connectivity index (χ4n) is 9.69. The van der Waals surface area contributed by atoms with E-state index in [2.05, 4.69) is 10.4 Å². The van der Waals surface area contributed by atoms with E-state index in [1.54, 1.807) is 36.4 Å². The molecular formula is C42H29Cl2F3N4O9. The number of halogens is 5. The van der Waals surface area contributed by atoms with Crippen LogP contribution in [-0.2, 0) is 37.2 Å². The van der Waals surface area contributed by atoms with Gasteiger partial charge < -0.3 is 20.1 Å². The highest BCUT2D eigenvalue weighted by molar-refractivity contribution is 6.33. The van der Waals surface area contributed by atoms with Gasteiger partial charge in [0.1, 0.15) is 22.8 Å². The minimum Gasteiger partial charge on any atom is -0.508 e. The lowest BCUT2D eigenvalue weighted by atomic mass is 9.48. The number of benzene rings is 3. The van der Waals surface area contributed by atoms with Crippen molar-refractivity contribution in [3.63, 3.8) is 0 Å². The van der Waals surface area contributed by atoms with Gasteiger partial charge in [0, 0.05) is 35.2 Å². The molecule has 4 aromatic rings. The molecule has 306 valence electrons. The summed E-state index contributed by atoms with van der Waals surface area (Å²) in [4.78, 5) is 75.4. The number of fused-ring (bicyclic) bond motifs is 5. The van der Waals surface area contributed by atoms with E-state index in [4.69, 9.17) is 27.9 Å². The lowest BCUT2D eigenvalue weighted by Gasteiger charge is -2.51. The van der Waals surface area contributed by atoms with Gasteiger partial charge in [-0.25, -0.2) is 14.7 Å². The van der Waals surface area contributed by atoms with Crippen molar-refractivity contribution in [2.24, 2.45) is 29.6 Å². The van der Waals surface area contributed by atoms with Crippen molar-refractivity contribution in [1.29, 1.82) is 0 Å². The number of hydrazine groups is 1. The van der Waals surface area contributed by atoms with Crippen LogP contribution in [0.1, 0.15) is 39.9 Å². The Hall–Kier alpha value is -6.39. The number of hydrogen-bond donors (Lipinski definition) is 4. The normalized spacial score (nSPS) is 25.8. The van der Waals surface area contributed by atoms with Crippen molar-refractivity contribution in [2.45, 2.75) is 30.9 Å². The summed E-state index contributed by atoms with van der Waals surface area (Å²) in [5, 5.41) is 30.8. The number of ether oxygens (including phenoxy) is 1. The molecule has 1 aromatic heterocycles. The van der Waals surface area contributed by atoms with Crippen LogP contribution in [0.3, 0.4) is 0 Å². The number of phenols is 2. The first kappa shape index (κ1) is 39.1. The monoisotopic (exact) mass is 860 g/mol. The lowest BCUT2D eigenvalue weighted by molar-refractivity contribution is -0.139. The summed E-state index contributed by atoms with van der Waals surface area (Å²) >= 11 is 12.6. The number of hydrogen-bond acceptors (Lipinski definition) is 10. The Morgan fingerprint density at radius 1 is 0.933 bits per heavy atom. The zero-order valence-corrected chi connectivity index (χ0v) is 32.1. The summed E-state index contributed by atoms with van der Waals surface area (Å²) in [6, 6.07) is 14.7. The number of alkyl halides is 3. The molecule has 3 aromatic carbocycles. The van der Waals surface area contributed by atoms with E-state index in [0.29, 0.717) is 50.3 Å². The topological polar surface area (TPSA) is 187 Å². The van der Waals surface area contributed by atoms with Crippen LogP contribution in [0.4, 0.5) is 24.7 Å². The standard InChI is InChI=1S/C42H29Cl2F3N4O9/c43-22-3-1-20(2-4-22)41-29(37(55)51(40(41)59)49-35-30(44)13-21(16-48-35)42(45,46)47)15-28-25(34(41)19-11-18-12-24(52)6-10-32(18)60-17-19)8-9-27-33(28)38(56)50(36(27)54)23-5-7-26(39(57)58)31(53)14-23/h1-8,10,12-14,16-17,27-29,33-34,52-53H,9,11,15H2,(H,48,49)(H,57,58). The first-order valence-corrected chi connectivity index (χ1v) is 19.2. The number of carbonyl (C=O) groups excluding carboxylic acids is 4. The summed E-state index contributed by atoms with van der Waals surface area (Å²) in [5.74, 6) is -10.3. The Bertz CT molecular complexity index is 2650. The van der Waals surface area contributed by atoms with Gasteiger partial charge in [-0.3, -0.25) is 24.6 Å². The smallest absolute Gasteiger partial charge is 0.417 e. The minimum atomic E-state index is -4.79. The third-order valence-corrected chi connectivity index (χ3v) is 12.7. The zero-order chi connectivity index (χ0) is 42.6. The number of carboxylic acid groups (broad SMARTS) is 1. The van der Waals surface area contributed by atoms with Crippen LogP contribution >= 0.6 is 23.2 Å². The van der Waals surface area contributed by atoms with Crippen LogP contribution in [0, 0.1) is 29.6 Å². The van der Waals surface area contributed by atoms with Gasteiger partial charge in [-0.05, 0) is 78.4 Å². The average molecular weight is 862 g/mol. The zero-order valence-electron chi connectivity index (χ0n) is 30.6. The third kappa shape index (κ3) is 5.83. The summed E-state index contributed by atoms with van der Waals surface area (Å²) in [7, 11) is 0. The Morgan fingerprint density at radius 2 is 1.68 bits per heavy atom. The van der Waals surface area contributed by atoms with Crippen LogP contribution in [0.5, 0.6) is 17.2 Å². The van der Waals surface area contributed by atoms with E-state index < -0.39 is 98.5 Å². The van der Waals surface area contributed by atoms with Gasteiger partial charge in [0.15, 0.2) is 5.82 Å². The molecule has 5 aliphatic rings. The lowest BCUT2D eigenvalue weighted by Crippen LogP contribution is -2.55. The van der Waals surface area contributed by atoms with Crippen LogP contribution in [0.15, 0.2) is 96.4 Å². The predicted molar refractivity (Wildman–Crippen MR) is 206 cm³/mol. The number of carboxylic acids is 1. The molecule has 4 amide bonds. The first-order valence-electron chi connectivity index (χ1n) is 18.5. The summed E-state index contributed by atoms with van der Waals surface area (Å²) < 4.78 is 46.7. The number of rotatable bonds is 6. The van der Waals surface area contributed by atoms with Crippen LogP contribution < -0.4 is 15.1 Å². The van der Waals surface area contributed by atoms with Gasteiger partial charge in [-0.1, -0.05) is 47.0 Å². The van der Waals surface area contributed by atoms with Gasteiger partial charge in [0.05, 0.1) is 45.7 Å². The predicted octanol–water partition coefficient (Wildman–Crippen LogP) is 7.06. The second-order valence-corrected chi connectivity index (χ2v) is 16.1. The largest absolute Gasteiger partial charge is 0.508 e. The van der Waals surface area contributed by atoms with Crippen molar-refractivity contribution in [3.05, 3.63) is 129 Å². The number of carbonyl (C=O) groups is 5. The van der Waals surface area contributed by atoms with Gasteiger partial charge in [0.2, 0.25) is 11.8 Å². The molecule has 4 N–H and O–H groups in total. The summed E-state index contributed by atoms with van der Waals surface area (Å²) in [5.41, 5.74) is 0.989. The highest BCUT2D eigenvalue weighted by atomic mass is 35.5. The second-order valence-electron chi connectivity index (χ2n) is 15.2. The third-order valence-electron chi connectivity index (χ3n) is 12.2. The molecule has 6 atom stereocenters. The number of anilines is 2. The number of aromatic hydroxyl groups is 2. The number of phenolic OH excluding ortho intramolecular Hbond substituents is 1. The van der Waals surface area contributed by atoms with Gasteiger partial charge in [-0.15, -0.1) is 0 Å². The highest BCUT2D eigenvalue weighted by Gasteiger charge is 2.71. The summed E-state index contributed by atoms with van der Waals surface area (Å²) in [6.07, 6.45) is -1.09. The molecule has 0 radical (unpaired) electrons. The quantitative estimate of drug-likeness (QED) is 0.115. The number of amides is 4. The molecule has 0 bridgehead atoms. The number of nitrogens with one attached hydrogen (secondary N) is 1. The molecule has 9 rings (SSSR count). The Kier molecular flexibility index (Phi) is 9.02. The van der Waals surface area contributed by atoms with Gasteiger partial charge >= 0.3 is 12.1 Å². The molecule has 0 spiro atoms. The summed E-state index contributed by atoms with van der Waals surface area (Å²) in [6.45, 7) is 0. The van der Waals surface area contributed by atoms with Crippen molar-refractivity contribution in [1.82, 2.24) is 9.99 Å². The number of aromatic carboxylic acids is 1. The maximum Gasteiger partial charge on any atom is 0.417 e. The van der Waals surface area contributed by atoms with Gasteiger partial charge in [-0.2, -0.15) is 18.2 Å². The van der Waals surface area contributed by atoms with Crippen molar-refractivity contribution in [3.8, 4) is 17.2 Å². The van der Waals surface area contributed by atoms with E-state index in [1.165, 1.54) is 24.5 Å². The van der Waals surface area contributed by atoms with E-state index in [-0.39, 0.29) is 30.7 Å². The fraction of sp³-hybridized carbons (Fsp3) is 0.238. The maximum atomic E-state index is 15.4. The number of aromatic nitrogens is 1. The number of pyridine rings is 1. The van der Waals surface area contributed by atoms with Gasteiger partial charge in [0.25, 0.3) is 11.8 Å². The first-order chi connectivity index (χ1) is 28.5. The molecule has 3 fully saturated rings. The number of allylic oxidation sites excluding steroid dienone is 3. The molecule has 6 unspecified atom stereocenters. The number of nitrogens with zero attached hydrogens (tertiary/aromatic N) is 3. The Labute approximate surface area is 347 Å². The molecular weight excluding hydrogens is 832 g/mol. The average Bonchev–Trinajstić information content (AvgIpc) is 3.58. The molecule has 1 saturated carbocycles. The molecule has 2 aliphatic carbocycles. The van der Waals surface area contributed by atoms with E-state index in [0.717, 1.165) is 17.0 Å². The van der Waals surface area contributed by atoms with E-state index >= 15 is 4.79 Å². The molecule has 3 aliphatic heterocycles. The Morgan fingerprint density at radius 3 is 2.37 bits per heavy atom. The van der Waals surface area contributed by atoms with Crippen LogP contribution in [-0.4, -0.2) is 54.9 Å². The number of imide groups is 2. The molecule has 13 nitrogen and oxygen atoms in total. The SMILES string of the molecule is O=C(O)c1ccc(N2C(=O)C3CC=C4C(CC5C(=O)N(Nc6ncc(C(F)(F)F)cc6Cl)C(=O)C5(c5ccc(Cl)cc5)C4C4=COc5ccc(O)cc5C4)C3C2=O)cc1O. The van der Waals surface area contributed by atoms with Crippen molar-refractivity contribution < 1.29 is 57.2 Å². The highest BCUT2D eigenvalue weighted by Crippen LogP contribution is 2.63. The van der Waals surface area contributed by atoms with E-state index in [9.17, 15) is 47.7 Å². The van der Waals surface area contributed by atoms with Crippen LogP contribution in [0.2, 0.25) is 10.0 Å². The molecule has 60 heavy (non-hydrogen) atoms. The van der Waals surface area contributed by atoms with Crippen LogP contribution in [0.25, 0.3) is 0 Å². The second kappa shape index (κ2) is 13.8. The minimum absolute atomic E-state index is 0.0231. The Balaban J connectivity index is 1.20. The fourth-order valence-corrected chi connectivity index (χ4v) is 10.0. The molecule has 18 heteroatoms.